The number of para-hydroxylation sites is 1. The van der Waals surface area contributed by atoms with Crippen molar-refractivity contribution >= 4 is 28.7 Å². The van der Waals surface area contributed by atoms with Gasteiger partial charge in [0.1, 0.15) is 6.04 Å². The molecule has 2 rings (SSSR count). The summed E-state index contributed by atoms with van der Waals surface area (Å²) in [7, 11) is 0. The first-order chi connectivity index (χ1) is 12.4. The van der Waals surface area contributed by atoms with Gasteiger partial charge in [0, 0.05) is 17.1 Å². The highest BCUT2D eigenvalue weighted by atomic mass is 16.5. The van der Waals surface area contributed by atoms with Crippen LogP contribution in [0.25, 0.3) is 10.9 Å². The number of ether oxygens (including phenoxy) is 1. The second-order valence-corrected chi connectivity index (χ2v) is 5.93. The van der Waals surface area contributed by atoms with E-state index in [4.69, 9.17) is 10.5 Å². The Morgan fingerprint density at radius 2 is 2.00 bits per heavy atom. The van der Waals surface area contributed by atoms with Crippen molar-refractivity contribution in [2.45, 2.75) is 32.4 Å². The summed E-state index contributed by atoms with van der Waals surface area (Å²) < 4.78 is 4.80. The highest BCUT2D eigenvalue weighted by Crippen LogP contribution is 2.18. The van der Waals surface area contributed by atoms with E-state index in [0.717, 1.165) is 16.5 Å². The van der Waals surface area contributed by atoms with E-state index in [-0.39, 0.29) is 13.2 Å². The normalized spacial score (nSPS) is 13.0. The predicted molar refractivity (Wildman–Crippen MR) is 97.2 cm³/mol. The summed E-state index contributed by atoms with van der Waals surface area (Å²) >= 11 is 0. The lowest BCUT2D eigenvalue weighted by atomic mass is 10.1. The first-order valence-corrected chi connectivity index (χ1v) is 8.46. The van der Waals surface area contributed by atoms with Crippen LogP contribution in [0, 0.1) is 0 Å². The van der Waals surface area contributed by atoms with Gasteiger partial charge in [0.25, 0.3) is 0 Å². The zero-order valence-corrected chi connectivity index (χ0v) is 14.9. The van der Waals surface area contributed by atoms with Gasteiger partial charge in [-0.25, -0.2) is 4.79 Å². The molecule has 140 valence electrons. The van der Waals surface area contributed by atoms with Crippen LogP contribution in [-0.2, 0) is 25.5 Å². The van der Waals surface area contributed by atoms with Crippen LogP contribution >= 0.6 is 0 Å². The van der Waals surface area contributed by atoms with Gasteiger partial charge in [-0.1, -0.05) is 18.2 Å². The van der Waals surface area contributed by atoms with E-state index in [0.29, 0.717) is 6.42 Å². The SMILES string of the molecule is CCOC(=O)C(C)NC(=O)CNC(=O)C(N)Cc1c[nH]c2ccccc12. The predicted octanol–water partition coefficient (Wildman–Crippen LogP) is 0.222. The first-order valence-electron chi connectivity index (χ1n) is 8.46. The van der Waals surface area contributed by atoms with Crippen LogP contribution < -0.4 is 16.4 Å². The summed E-state index contributed by atoms with van der Waals surface area (Å²) in [5.41, 5.74) is 7.85. The van der Waals surface area contributed by atoms with Gasteiger partial charge < -0.3 is 26.1 Å². The number of aromatic nitrogens is 1. The van der Waals surface area contributed by atoms with Crippen LogP contribution in [0.1, 0.15) is 19.4 Å². The monoisotopic (exact) mass is 360 g/mol. The number of rotatable bonds is 8. The van der Waals surface area contributed by atoms with Gasteiger partial charge in [0.2, 0.25) is 11.8 Å². The van der Waals surface area contributed by atoms with Crippen molar-refractivity contribution < 1.29 is 19.1 Å². The average Bonchev–Trinajstić information content (AvgIpc) is 3.02. The molecule has 2 aromatic rings. The third-order valence-corrected chi connectivity index (χ3v) is 3.89. The highest BCUT2D eigenvalue weighted by molar-refractivity contribution is 5.90. The maximum absolute atomic E-state index is 12.1. The quantitative estimate of drug-likeness (QED) is 0.501. The van der Waals surface area contributed by atoms with Gasteiger partial charge in [0.05, 0.1) is 19.2 Å². The maximum Gasteiger partial charge on any atom is 0.328 e. The van der Waals surface area contributed by atoms with E-state index in [9.17, 15) is 14.4 Å². The third kappa shape index (κ3) is 5.06. The number of nitrogens with one attached hydrogen (secondary N) is 3. The number of fused-ring (bicyclic) bond motifs is 1. The minimum absolute atomic E-state index is 0.235. The molecule has 1 aromatic carbocycles. The van der Waals surface area contributed by atoms with E-state index in [1.807, 2.05) is 30.5 Å². The Hall–Kier alpha value is -2.87. The molecular weight excluding hydrogens is 336 g/mol. The van der Waals surface area contributed by atoms with Crippen molar-refractivity contribution in [3.8, 4) is 0 Å². The average molecular weight is 360 g/mol. The lowest BCUT2D eigenvalue weighted by Crippen LogP contribution is -2.48. The molecule has 0 saturated carbocycles. The van der Waals surface area contributed by atoms with Crippen LogP contribution in [0.3, 0.4) is 0 Å². The molecule has 0 fully saturated rings. The largest absolute Gasteiger partial charge is 0.464 e. The van der Waals surface area contributed by atoms with E-state index in [2.05, 4.69) is 15.6 Å². The fourth-order valence-corrected chi connectivity index (χ4v) is 2.55. The number of benzene rings is 1. The lowest BCUT2D eigenvalue weighted by Gasteiger charge is -2.14. The Bertz CT molecular complexity index is 786. The molecule has 2 amide bonds. The van der Waals surface area contributed by atoms with Gasteiger partial charge in [0.15, 0.2) is 0 Å². The highest BCUT2D eigenvalue weighted by Gasteiger charge is 2.19. The number of carbonyl (C=O) groups excluding carboxylic acids is 3. The number of carbonyl (C=O) groups is 3. The van der Waals surface area contributed by atoms with Gasteiger partial charge >= 0.3 is 5.97 Å². The summed E-state index contributed by atoms with van der Waals surface area (Å²) in [5.74, 6) is -1.45. The molecule has 0 radical (unpaired) electrons. The maximum atomic E-state index is 12.1. The molecule has 0 aliphatic rings. The summed E-state index contributed by atoms with van der Waals surface area (Å²) in [6, 6.07) is 6.17. The van der Waals surface area contributed by atoms with E-state index < -0.39 is 29.9 Å². The molecule has 1 heterocycles. The molecule has 0 saturated heterocycles. The molecule has 2 atom stereocenters. The van der Waals surface area contributed by atoms with Crippen LogP contribution in [0.4, 0.5) is 0 Å². The van der Waals surface area contributed by atoms with E-state index in [1.54, 1.807) is 6.92 Å². The van der Waals surface area contributed by atoms with Crippen LogP contribution in [0.5, 0.6) is 0 Å². The molecule has 5 N–H and O–H groups in total. The fourth-order valence-electron chi connectivity index (χ4n) is 2.55. The van der Waals surface area contributed by atoms with E-state index >= 15 is 0 Å². The van der Waals surface area contributed by atoms with Crippen molar-refractivity contribution in [1.29, 1.82) is 0 Å². The van der Waals surface area contributed by atoms with Crippen LogP contribution in [0.2, 0.25) is 0 Å². The number of aromatic amines is 1. The summed E-state index contributed by atoms with van der Waals surface area (Å²) in [5, 5.41) is 5.95. The second-order valence-electron chi connectivity index (χ2n) is 5.93. The number of hydrogen-bond acceptors (Lipinski definition) is 5. The Labute approximate surface area is 151 Å². The van der Waals surface area contributed by atoms with Crippen molar-refractivity contribution in [2.24, 2.45) is 5.73 Å². The molecule has 0 bridgehead atoms. The molecule has 1 aromatic heterocycles. The lowest BCUT2D eigenvalue weighted by molar-refractivity contribution is -0.146. The number of esters is 1. The van der Waals surface area contributed by atoms with Crippen molar-refractivity contribution in [3.63, 3.8) is 0 Å². The molecule has 0 aliphatic carbocycles. The standard InChI is InChI=1S/C18H24N4O4/c1-3-26-18(25)11(2)22-16(23)10-21-17(24)14(19)8-12-9-20-15-7-5-4-6-13(12)15/h4-7,9,11,14,20H,3,8,10,19H2,1-2H3,(H,21,24)(H,22,23). The number of amides is 2. The van der Waals surface area contributed by atoms with Crippen molar-refractivity contribution in [1.82, 2.24) is 15.6 Å². The summed E-state index contributed by atoms with van der Waals surface area (Å²) in [6.45, 7) is 3.17. The minimum Gasteiger partial charge on any atom is -0.464 e. The number of hydrogen-bond donors (Lipinski definition) is 4. The van der Waals surface area contributed by atoms with Crippen molar-refractivity contribution in [2.75, 3.05) is 13.2 Å². The molecule has 0 aliphatic heterocycles. The van der Waals surface area contributed by atoms with E-state index in [1.165, 1.54) is 6.92 Å². The molecular formula is C18H24N4O4. The summed E-state index contributed by atoms with van der Waals surface area (Å²) in [6.07, 6.45) is 2.17. The number of H-pyrrole nitrogens is 1. The zero-order valence-electron chi connectivity index (χ0n) is 14.9. The topological polar surface area (TPSA) is 126 Å². The second kappa shape index (κ2) is 9.00. The molecule has 2 unspecified atom stereocenters. The Balaban J connectivity index is 1.81. The smallest absolute Gasteiger partial charge is 0.328 e. The van der Waals surface area contributed by atoms with Gasteiger partial charge in [-0.15, -0.1) is 0 Å². The van der Waals surface area contributed by atoms with Gasteiger partial charge in [-0.05, 0) is 31.9 Å². The van der Waals surface area contributed by atoms with Gasteiger partial charge in [-0.3, -0.25) is 9.59 Å². The Morgan fingerprint density at radius 1 is 1.27 bits per heavy atom. The van der Waals surface area contributed by atoms with Crippen LogP contribution in [0.15, 0.2) is 30.5 Å². The Morgan fingerprint density at radius 3 is 2.73 bits per heavy atom. The van der Waals surface area contributed by atoms with Gasteiger partial charge in [-0.2, -0.15) is 0 Å². The molecule has 8 nitrogen and oxygen atoms in total. The fraction of sp³-hybridized carbons (Fsp3) is 0.389. The van der Waals surface area contributed by atoms with Crippen molar-refractivity contribution in [3.05, 3.63) is 36.0 Å². The molecule has 0 spiro atoms. The first kappa shape index (κ1) is 19.5. The molecule has 26 heavy (non-hydrogen) atoms. The zero-order chi connectivity index (χ0) is 19.1. The Kier molecular flexibility index (Phi) is 6.74. The third-order valence-electron chi connectivity index (χ3n) is 3.89. The molecule has 8 heteroatoms. The minimum atomic E-state index is -0.788. The van der Waals surface area contributed by atoms with Crippen LogP contribution in [-0.4, -0.2) is 48.0 Å². The summed E-state index contributed by atoms with van der Waals surface area (Å²) in [4.78, 5) is 38.5. The number of nitrogens with two attached hydrogens (primary N) is 1.